The van der Waals surface area contributed by atoms with E-state index in [0.717, 1.165) is 19.1 Å². The first-order valence-electron chi connectivity index (χ1n) is 5.87. The van der Waals surface area contributed by atoms with Gasteiger partial charge in [0.25, 0.3) is 0 Å². The van der Waals surface area contributed by atoms with E-state index in [1.165, 1.54) is 32.4 Å². The third kappa shape index (κ3) is 8.03. The van der Waals surface area contributed by atoms with Gasteiger partial charge in [-0.15, -0.1) is 12.4 Å². The van der Waals surface area contributed by atoms with Crippen LogP contribution in [0.2, 0.25) is 0 Å². The number of rotatable bonds is 9. The smallest absolute Gasteiger partial charge is 0.0594 e. The van der Waals surface area contributed by atoms with E-state index in [-0.39, 0.29) is 12.4 Å². The highest BCUT2D eigenvalue weighted by molar-refractivity contribution is 5.85. The summed E-state index contributed by atoms with van der Waals surface area (Å²) in [5, 5.41) is 0. The van der Waals surface area contributed by atoms with E-state index in [2.05, 4.69) is 11.8 Å². The lowest BCUT2D eigenvalue weighted by molar-refractivity contribution is 0.107. The third-order valence-electron chi connectivity index (χ3n) is 2.57. The van der Waals surface area contributed by atoms with E-state index >= 15 is 0 Å². The van der Waals surface area contributed by atoms with Crippen molar-refractivity contribution in [1.82, 2.24) is 4.90 Å². The molecule has 1 fully saturated rings. The average Bonchev–Trinajstić information content (AvgIpc) is 2.96. The Hall–Kier alpha value is 0.170. The molecule has 0 radical (unpaired) electrons. The van der Waals surface area contributed by atoms with Crippen molar-refractivity contribution >= 4 is 12.4 Å². The second kappa shape index (κ2) is 9.40. The van der Waals surface area contributed by atoms with Crippen LogP contribution in [-0.2, 0) is 4.74 Å². The molecule has 1 saturated carbocycles. The van der Waals surface area contributed by atoms with Crippen LogP contribution in [0.5, 0.6) is 0 Å². The minimum absolute atomic E-state index is 0. The maximum atomic E-state index is 5.39. The van der Waals surface area contributed by atoms with Gasteiger partial charge < -0.3 is 15.4 Å². The number of nitrogens with two attached hydrogens (primary N) is 1. The molecule has 2 N–H and O–H groups in total. The fourth-order valence-electron chi connectivity index (χ4n) is 1.66. The molecule has 0 aromatic carbocycles. The molecule has 0 atom stereocenters. The molecule has 0 unspecified atom stereocenters. The lowest BCUT2D eigenvalue weighted by Gasteiger charge is -2.21. The van der Waals surface area contributed by atoms with Crippen LogP contribution in [0.4, 0.5) is 0 Å². The predicted octanol–water partition coefficient (Wildman–Crippen LogP) is 1.51. The highest BCUT2D eigenvalue weighted by Gasteiger charge is 2.23. The molecule has 4 heteroatoms. The molecular formula is C11H25ClN2O. The fourth-order valence-corrected chi connectivity index (χ4v) is 1.66. The van der Waals surface area contributed by atoms with Crippen LogP contribution >= 0.6 is 12.4 Å². The topological polar surface area (TPSA) is 38.5 Å². The molecule has 1 rings (SSSR count). The van der Waals surface area contributed by atoms with Crippen molar-refractivity contribution in [3.63, 3.8) is 0 Å². The Morgan fingerprint density at radius 3 is 2.53 bits per heavy atom. The van der Waals surface area contributed by atoms with Crippen molar-refractivity contribution in [2.24, 2.45) is 11.7 Å². The lowest BCUT2D eigenvalue weighted by atomic mass is 10.3. The molecule has 15 heavy (non-hydrogen) atoms. The van der Waals surface area contributed by atoms with E-state index in [4.69, 9.17) is 10.5 Å². The first kappa shape index (κ1) is 15.2. The van der Waals surface area contributed by atoms with Gasteiger partial charge in [0.15, 0.2) is 0 Å². The van der Waals surface area contributed by atoms with Crippen LogP contribution < -0.4 is 5.73 Å². The summed E-state index contributed by atoms with van der Waals surface area (Å²) in [6, 6.07) is 0. The Morgan fingerprint density at radius 1 is 1.27 bits per heavy atom. The Balaban J connectivity index is 0.00000196. The SMILES string of the molecule is CCCN(CCOCCN)CC1CC1.Cl. The van der Waals surface area contributed by atoms with Crippen molar-refractivity contribution in [2.75, 3.05) is 39.4 Å². The highest BCUT2D eigenvalue weighted by atomic mass is 35.5. The van der Waals surface area contributed by atoms with Gasteiger partial charge in [0.1, 0.15) is 0 Å². The quantitative estimate of drug-likeness (QED) is 0.617. The predicted molar refractivity (Wildman–Crippen MR) is 66.6 cm³/mol. The zero-order valence-corrected chi connectivity index (χ0v) is 10.6. The number of halogens is 1. The Bertz CT molecular complexity index is 143. The largest absolute Gasteiger partial charge is 0.379 e. The minimum Gasteiger partial charge on any atom is -0.379 e. The van der Waals surface area contributed by atoms with Crippen molar-refractivity contribution < 1.29 is 4.74 Å². The average molecular weight is 237 g/mol. The van der Waals surface area contributed by atoms with Gasteiger partial charge in [0.2, 0.25) is 0 Å². The first-order valence-corrected chi connectivity index (χ1v) is 5.87. The van der Waals surface area contributed by atoms with Gasteiger partial charge >= 0.3 is 0 Å². The number of nitrogens with zero attached hydrogens (tertiary/aromatic N) is 1. The second-order valence-electron chi connectivity index (χ2n) is 4.15. The van der Waals surface area contributed by atoms with Crippen molar-refractivity contribution in [2.45, 2.75) is 26.2 Å². The Morgan fingerprint density at radius 2 is 2.00 bits per heavy atom. The summed E-state index contributed by atoms with van der Waals surface area (Å²) < 4.78 is 5.39. The van der Waals surface area contributed by atoms with Crippen molar-refractivity contribution in [3.8, 4) is 0 Å². The summed E-state index contributed by atoms with van der Waals surface area (Å²) in [6.45, 7) is 7.97. The molecule has 0 saturated heterocycles. The van der Waals surface area contributed by atoms with Crippen molar-refractivity contribution in [1.29, 1.82) is 0 Å². The molecule has 1 aliphatic rings. The molecule has 0 amide bonds. The molecule has 0 aliphatic heterocycles. The van der Waals surface area contributed by atoms with Gasteiger partial charge in [-0.1, -0.05) is 6.92 Å². The van der Waals surface area contributed by atoms with E-state index in [9.17, 15) is 0 Å². The minimum atomic E-state index is 0. The fraction of sp³-hybridized carbons (Fsp3) is 1.00. The van der Waals surface area contributed by atoms with Gasteiger partial charge in [-0.3, -0.25) is 0 Å². The van der Waals surface area contributed by atoms with Gasteiger partial charge in [-0.05, 0) is 31.7 Å². The van der Waals surface area contributed by atoms with E-state index < -0.39 is 0 Å². The van der Waals surface area contributed by atoms with Gasteiger partial charge in [0, 0.05) is 19.6 Å². The van der Waals surface area contributed by atoms with Crippen LogP contribution in [0.1, 0.15) is 26.2 Å². The summed E-state index contributed by atoms with van der Waals surface area (Å²) in [4.78, 5) is 2.52. The molecule has 0 aromatic rings. The highest BCUT2D eigenvalue weighted by Crippen LogP contribution is 2.29. The van der Waals surface area contributed by atoms with Gasteiger partial charge in [-0.25, -0.2) is 0 Å². The van der Waals surface area contributed by atoms with E-state index in [1.54, 1.807) is 0 Å². The third-order valence-corrected chi connectivity index (χ3v) is 2.57. The zero-order chi connectivity index (χ0) is 10.2. The van der Waals surface area contributed by atoms with Crippen LogP contribution in [0.15, 0.2) is 0 Å². The molecule has 0 spiro atoms. The summed E-state index contributed by atoms with van der Waals surface area (Å²) in [7, 11) is 0. The monoisotopic (exact) mass is 236 g/mol. The molecular weight excluding hydrogens is 212 g/mol. The zero-order valence-electron chi connectivity index (χ0n) is 9.78. The number of ether oxygens (including phenoxy) is 1. The Kier molecular flexibility index (Phi) is 9.51. The van der Waals surface area contributed by atoms with Crippen LogP contribution in [-0.4, -0.2) is 44.3 Å². The summed E-state index contributed by atoms with van der Waals surface area (Å²) in [5.41, 5.74) is 5.36. The summed E-state index contributed by atoms with van der Waals surface area (Å²) >= 11 is 0. The van der Waals surface area contributed by atoms with Gasteiger partial charge in [-0.2, -0.15) is 0 Å². The molecule has 92 valence electrons. The van der Waals surface area contributed by atoms with E-state index in [1.807, 2.05) is 0 Å². The molecule has 1 aliphatic carbocycles. The molecule has 0 bridgehead atoms. The summed E-state index contributed by atoms with van der Waals surface area (Å²) in [5.74, 6) is 0.982. The summed E-state index contributed by atoms with van der Waals surface area (Å²) in [6.07, 6.45) is 4.11. The lowest BCUT2D eigenvalue weighted by Crippen LogP contribution is -2.31. The molecule has 3 nitrogen and oxygen atoms in total. The first-order chi connectivity index (χ1) is 6.86. The van der Waals surface area contributed by atoms with Crippen LogP contribution in [0.3, 0.4) is 0 Å². The number of hydrogen-bond acceptors (Lipinski definition) is 3. The van der Waals surface area contributed by atoms with E-state index in [0.29, 0.717) is 13.2 Å². The Labute approximate surface area is 99.7 Å². The molecule has 0 aromatic heterocycles. The van der Waals surface area contributed by atoms with Gasteiger partial charge in [0.05, 0.1) is 13.2 Å². The normalized spacial score (nSPS) is 15.4. The second-order valence-corrected chi connectivity index (χ2v) is 4.15. The van der Waals surface area contributed by atoms with Crippen LogP contribution in [0.25, 0.3) is 0 Å². The van der Waals surface area contributed by atoms with Crippen molar-refractivity contribution in [3.05, 3.63) is 0 Å². The maximum Gasteiger partial charge on any atom is 0.0594 e. The standard InChI is InChI=1S/C11H24N2O.ClH/c1-2-6-13(10-11-3-4-11)7-9-14-8-5-12;/h11H,2-10,12H2,1H3;1H. The maximum absolute atomic E-state index is 5.39. The van der Waals surface area contributed by atoms with Crippen LogP contribution in [0, 0.1) is 5.92 Å². The molecule has 0 heterocycles. The number of hydrogen-bond donors (Lipinski definition) is 1.